The van der Waals surface area contributed by atoms with Crippen LogP contribution in [-0.4, -0.2) is 36.5 Å². The Balaban J connectivity index is 2.91. The maximum Gasteiger partial charge on any atom is 0.464 e. The van der Waals surface area contributed by atoms with Crippen LogP contribution in [0.2, 0.25) is 0 Å². The molecule has 0 heterocycles. The Morgan fingerprint density at radius 3 is 2.19 bits per heavy atom. The molecule has 0 saturated heterocycles. The van der Waals surface area contributed by atoms with Crippen LogP contribution >= 0.6 is 11.8 Å². The molecule has 3 nitrogen and oxygen atoms in total. The second-order valence-electron chi connectivity index (χ2n) is 4.42. The van der Waals surface area contributed by atoms with Gasteiger partial charge in [0.1, 0.15) is 0 Å². The standard InChI is InChI=1S/C12H13F5N2OS/c1-7-6-8(21-12(16,17)11(13,14)15)4-5-9(7)18-10(20)19(2)3/h4-6H,1-3H3,(H,18,20). The maximum absolute atomic E-state index is 12.9. The van der Waals surface area contributed by atoms with E-state index in [9.17, 15) is 26.7 Å². The van der Waals surface area contributed by atoms with Crippen molar-refractivity contribution in [3.63, 3.8) is 0 Å². The highest BCUT2D eigenvalue weighted by Gasteiger charge is 2.58. The van der Waals surface area contributed by atoms with E-state index in [-0.39, 0.29) is 4.90 Å². The van der Waals surface area contributed by atoms with Gasteiger partial charge in [-0.1, -0.05) is 0 Å². The molecule has 1 N–H and O–H groups in total. The average molecular weight is 328 g/mol. The molecular weight excluding hydrogens is 315 g/mol. The van der Waals surface area contributed by atoms with Crippen molar-refractivity contribution >= 4 is 23.5 Å². The summed E-state index contributed by atoms with van der Waals surface area (Å²) in [7, 11) is 3.03. The van der Waals surface area contributed by atoms with Gasteiger partial charge in [-0.15, -0.1) is 0 Å². The number of aryl methyl sites for hydroxylation is 1. The van der Waals surface area contributed by atoms with Crippen LogP contribution in [0.1, 0.15) is 5.56 Å². The quantitative estimate of drug-likeness (QED) is 0.661. The lowest BCUT2D eigenvalue weighted by molar-refractivity contribution is -0.237. The molecule has 0 radical (unpaired) electrons. The number of carbonyl (C=O) groups excluding carboxylic acids is 1. The van der Waals surface area contributed by atoms with Crippen LogP contribution < -0.4 is 5.32 Å². The van der Waals surface area contributed by atoms with Gasteiger partial charge in [0.25, 0.3) is 0 Å². The minimum Gasteiger partial charge on any atom is -0.331 e. The molecule has 118 valence electrons. The molecule has 1 rings (SSSR count). The summed E-state index contributed by atoms with van der Waals surface area (Å²) in [5.74, 6) is 0. The number of amides is 2. The third kappa shape index (κ3) is 4.48. The molecule has 0 aromatic heterocycles. The SMILES string of the molecule is Cc1cc(SC(F)(F)C(F)(F)F)ccc1NC(=O)N(C)C. The Morgan fingerprint density at radius 1 is 1.19 bits per heavy atom. The van der Waals surface area contributed by atoms with Gasteiger partial charge in [0.2, 0.25) is 0 Å². The highest BCUT2D eigenvalue weighted by Crippen LogP contribution is 2.47. The third-order valence-corrected chi connectivity index (χ3v) is 3.40. The number of benzene rings is 1. The molecule has 0 fully saturated rings. The third-order valence-electron chi connectivity index (χ3n) is 2.42. The Kier molecular flexibility index (Phi) is 5.08. The summed E-state index contributed by atoms with van der Waals surface area (Å²) in [6.45, 7) is 1.50. The van der Waals surface area contributed by atoms with Gasteiger partial charge >= 0.3 is 17.5 Å². The topological polar surface area (TPSA) is 32.3 Å². The Morgan fingerprint density at radius 2 is 1.76 bits per heavy atom. The van der Waals surface area contributed by atoms with Gasteiger partial charge in [-0.05, 0) is 42.4 Å². The van der Waals surface area contributed by atoms with E-state index < -0.39 is 29.2 Å². The number of nitrogens with zero attached hydrogens (tertiary/aromatic N) is 1. The number of halogens is 5. The van der Waals surface area contributed by atoms with Crippen LogP contribution in [0, 0.1) is 6.92 Å². The predicted octanol–water partition coefficient (Wildman–Crippen LogP) is 4.34. The van der Waals surface area contributed by atoms with Gasteiger partial charge in [0.05, 0.1) is 0 Å². The first-order valence-corrected chi connectivity index (χ1v) is 6.48. The predicted molar refractivity (Wildman–Crippen MR) is 70.7 cm³/mol. The monoisotopic (exact) mass is 328 g/mol. The fourth-order valence-electron chi connectivity index (χ4n) is 1.27. The zero-order valence-corrected chi connectivity index (χ0v) is 12.2. The van der Waals surface area contributed by atoms with Crippen molar-refractivity contribution in [2.75, 3.05) is 19.4 Å². The van der Waals surface area contributed by atoms with E-state index >= 15 is 0 Å². The fourth-order valence-corrected chi connectivity index (χ4v) is 2.06. The van der Waals surface area contributed by atoms with Crippen LogP contribution in [0.5, 0.6) is 0 Å². The molecule has 0 aliphatic rings. The number of rotatable bonds is 3. The number of nitrogens with one attached hydrogen (secondary N) is 1. The molecule has 0 saturated carbocycles. The highest BCUT2D eigenvalue weighted by atomic mass is 32.2. The number of anilines is 1. The summed E-state index contributed by atoms with van der Waals surface area (Å²) in [5, 5.41) is -2.37. The molecule has 0 aliphatic carbocycles. The number of thioether (sulfide) groups is 1. The van der Waals surface area contributed by atoms with Crippen molar-refractivity contribution in [1.29, 1.82) is 0 Å². The van der Waals surface area contributed by atoms with E-state index in [1.165, 1.54) is 32.0 Å². The molecule has 0 unspecified atom stereocenters. The zero-order chi connectivity index (χ0) is 16.4. The minimum absolute atomic E-state index is 0.238. The molecule has 1 aromatic carbocycles. The molecule has 0 aliphatic heterocycles. The Bertz CT molecular complexity index is 531. The van der Waals surface area contributed by atoms with Crippen molar-refractivity contribution in [1.82, 2.24) is 4.90 Å². The second-order valence-corrected chi connectivity index (χ2v) is 5.61. The fraction of sp³-hybridized carbons (Fsp3) is 0.417. The normalized spacial score (nSPS) is 12.2. The Hall–Kier alpha value is -1.51. The van der Waals surface area contributed by atoms with Gasteiger partial charge in [0.15, 0.2) is 0 Å². The van der Waals surface area contributed by atoms with Crippen molar-refractivity contribution in [2.45, 2.75) is 23.3 Å². The van der Waals surface area contributed by atoms with E-state index in [0.717, 1.165) is 12.1 Å². The first kappa shape index (κ1) is 17.5. The average Bonchev–Trinajstić information content (AvgIpc) is 2.30. The van der Waals surface area contributed by atoms with Gasteiger partial charge in [-0.3, -0.25) is 0 Å². The van der Waals surface area contributed by atoms with E-state index in [2.05, 4.69) is 5.32 Å². The van der Waals surface area contributed by atoms with Crippen molar-refractivity contribution in [2.24, 2.45) is 0 Å². The lowest BCUT2D eigenvalue weighted by Gasteiger charge is -2.19. The minimum atomic E-state index is -5.62. The number of hydrogen-bond donors (Lipinski definition) is 1. The molecule has 0 atom stereocenters. The van der Waals surface area contributed by atoms with Crippen molar-refractivity contribution in [3.05, 3.63) is 23.8 Å². The second kappa shape index (κ2) is 6.08. The van der Waals surface area contributed by atoms with Crippen LogP contribution in [0.25, 0.3) is 0 Å². The summed E-state index contributed by atoms with van der Waals surface area (Å²) >= 11 is -0.581. The molecule has 1 aromatic rings. The van der Waals surface area contributed by atoms with Gasteiger partial charge in [-0.25, -0.2) is 4.79 Å². The van der Waals surface area contributed by atoms with Crippen LogP contribution in [0.4, 0.5) is 32.4 Å². The van der Waals surface area contributed by atoms with Crippen LogP contribution in [0.15, 0.2) is 23.1 Å². The molecule has 0 bridgehead atoms. The summed E-state index contributed by atoms with van der Waals surface area (Å²) in [6.07, 6.45) is -5.62. The lowest BCUT2D eigenvalue weighted by Crippen LogP contribution is -2.32. The van der Waals surface area contributed by atoms with Crippen molar-refractivity contribution in [3.8, 4) is 0 Å². The molecule has 2 amide bonds. The number of hydrogen-bond acceptors (Lipinski definition) is 2. The first-order chi connectivity index (χ1) is 9.44. The van der Waals surface area contributed by atoms with Gasteiger partial charge < -0.3 is 10.2 Å². The van der Waals surface area contributed by atoms with Crippen LogP contribution in [0.3, 0.4) is 0 Å². The molecule has 9 heteroatoms. The molecular formula is C12H13F5N2OS. The van der Waals surface area contributed by atoms with E-state index in [4.69, 9.17) is 0 Å². The van der Waals surface area contributed by atoms with Crippen LogP contribution in [-0.2, 0) is 0 Å². The molecule has 21 heavy (non-hydrogen) atoms. The summed E-state index contributed by atoms with van der Waals surface area (Å²) < 4.78 is 62.2. The van der Waals surface area contributed by atoms with Gasteiger partial charge in [0, 0.05) is 24.7 Å². The van der Waals surface area contributed by atoms with E-state index in [1.54, 1.807) is 0 Å². The molecule has 0 spiro atoms. The summed E-state index contributed by atoms with van der Waals surface area (Å²) in [6, 6.07) is 3.11. The summed E-state index contributed by atoms with van der Waals surface area (Å²) in [5.41, 5.74) is 0.724. The lowest BCUT2D eigenvalue weighted by atomic mass is 10.2. The van der Waals surface area contributed by atoms with Crippen molar-refractivity contribution < 1.29 is 26.7 Å². The number of urea groups is 1. The van der Waals surface area contributed by atoms with E-state index in [1.807, 2.05) is 0 Å². The first-order valence-electron chi connectivity index (χ1n) is 5.66. The number of carbonyl (C=O) groups is 1. The van der Waals surface area contributed by atoms with E-state index in [0.29, 0.717) is 11.3 Å². The largest absolute Gasteiger partial charge is 0.464 e. The Labute approximate surface area is 122 Å². The van der Waals surface area contributed by atoms with Gasteiger partial charge in [-0.2, -0.15) is 22.0 Å². The smallest absolute Gasteiger partial charge is 0.331 e. The summed E-state index contributed by atoms with van der Waals surface area (Å²) in [4.78, 5) is 12.5. The number of alkyl halides is 5. The highest BCUT2D eigenvalue weighted by molar-refractivity contribution is 8.00. The maximum atomic E-state index is 12.9. The zero-order valence-electron chi connectivity index (χ0n) is 11.4.